The number of carbonyl (C=O) groups excluding carboxylic acids is 2. The third-order valence-corrected chi connectivity index (χ3v) is 6.83. The normalized spacial score (nSPS) is 11.8. The molecule has 0 bridgehead atoms. The van der Waals surface area contributed by atoms with Crippen molar-refractivity contribution in [3.05, 3.63) is 99.9 Å². The second kappa shape index (κ2) is 9.52. The molecule has 0 spiro atoms. The fourth-order valence-electron chi connectivity index (χ4n) is 3.88. The van der Waals surface area contributed by atoms with Gasteiger partial charge in [0.1, 0.15) is 16.5 Å². The summed E-state index contributed by atoms with van der Waals surface area (Å²) in [6.45, 7) is 2.04. The van der Waals surface area contributed by atoms with Gasteiger partial charge in [-0.1, -0.05) is 36.4 Å². The molecule has 0 atom stereocenters. The first-order chi connectivity index (χ1) is 17.0. The van der Waals surface area contributed by atoms with Crippen molar-refractivity contribution in [2.75, 3.05) is 12.1 Å². The van der Waals surface area contributed by atoms with Crippen LogP contribution in [-0.4, -0.2) is 18.6 Å². The first-order valence-electron chi connectivity index (χ1n) is 10.9. The van der Waals surface area contributed by atoms with Crippen molar-refractivity contribution in [3.8, 4) is 23.0 Å². The van der Waals surface area contributed by atoms with E-state index in [-0.39, 0.29) is 6.79 Å². The van der Waals surface area contributed by atoms with E-state index < -0.39 is 11.8 Å². The molecule has 176 valence electrons. The molecule has 35 heavy (non-hydrogen) atoms. The van der Waals surface area contributed by atoms with Crippen molar-refractivity contribution in [2.24, 2.45) is 5.73 Å². The first kappa shape index (κ1) is 22.5. The minimum Gasteiger partial charge on any atom is -0.457 e. The Morgan fingerprint density at radius 1 is 1.00 bits per heavy atom. The molecular formula is C27H22N2O5S. The van der Waals surface area contributed by atoms with Gasteiger partial charge in [-0.2, -0.15) is 0 Å². The molecule has 3 aromatic carbocycles. The molecule has 0 fully saturated rings. The van der Waals surface area contributed by atoms with E-state index in [0.717, 1.165) is 16.0 Å². The van der Waals surface area contributed by atoms with Crippen LogP contribution in [0.5, 0.6) is 23.0 Å². The van der Waals surface area contributed by atoms with Gasteiger partial charge in [0.2, 0.25) is 6.79 Å². The van der Waals surface area contributed by atoms with E-state index in [1.165, 1.54) is 11.3 Å². The first-order valence-corrected chi connectivity index (χ1v) is 11.7. The number of nitrogens with one attached hydrogen (secondary N) is 1. The number of primary amides is 1. The van der Waals surface area contributed by atoms with Gasteiger partial charge in [0.25, 0.3) is 11.8 Å². The van der Waals surface area contributed by atoms with Crippen LogP contribution in [0.15, 0.2) is 72.8 Å². The molecular weight excluding hydrogens is 464 g/mol. The lowest BCUT2D eigenvalue weighted by Crippen LogP contribution is -2.17. The largest absolute Gasteiger partial charge is 0.457 e. The molecule has 0 radical (unpaired) electrons. The van der Waals surface area contributed by atoms with Gasteiger partial charge in [0.05, 0.1) is 11.1 Å². The molecule has 2 heterocycles. The zero-order chi connectivity index (χ0) is 24.4. The summed E-state index contributed by atoms with van der Waals surface area (Å²) in [5, 5.41) is 3.28. The lowest BCUT2D eigenvalue weighted by Gasteiger charge is -2.11. The van der Waals surface area contributed by atoms with Gasteiger partial charge < -0.3 is 25.3 Å². The molecule has 0 unspecified atom stereocenters. The van der Waals surface area contributed by atoms with Crippen molar-refractivity contribution in [1.82, 2.24) is 0 Å². The van der Waals surface area contributed by atoms with Gasteiger partial charge in [-0.05, 0) is 54.4 Å². The average Bonchev–Trinajstić information content (AvgIpc) is 3.44. The van der Waals surface area contributed by atoms with Crippen LogP contribution in [0.2, 0.25) is 0 Å². The van der Waals surface area contributed by atoms with E-state index >= 15 is 0 Å². The monoisotopic (exact) mass is 486 g/mol. The summed E-state index contributed by atoms with van der Waals surface area (Å²) >= 11 is 1.33. The number of benzene rings is 3. The molecule has 3 N–H and O–H groups in total. The Bertz CT molecular complexity index is 1410. The zero-order valence-corrected chi connectivity index (χ0v) is 19.7. The number of hydrogen-bond acceptors (Lipinski definition) is 6. The molecule has 1 aliphatic heterocycles. The smallest absolute Gasteiger partial charge is 0.260 e. The predicted molar refractivity (Wildman–Crippen MR) is 134 cm³/mol. The van der Waals surface area contributed by atoms with Crippen molar-refractivity contribution < 1.29 is 23.8 Å². The fourth-order valence-corrected chi connectivity index (χ4v) is 5.12. The van der Waals surface area contributed by atoms with Crippen molar-refractivity contribution >= 4 is 28.2 Å². The van der Waals surface area contributed by atoms with Crippen LogP contribution in [0.25, 0.3) is 0 Å². The Kier molecular flexibility index (Phi) is 6.12. The number of rotatable bonds is 7. The van der Waals surface area contributed by atoms with Gasteiger partial charge in [-0.25, -0.2) is 0 Å². The van der Waals surface area contributed by atoms with Gasteiger partial charge >= 0.3 is 0 Å². The highest BCUT2D eigenvalue weighted by Gasteiger charge is 2.23. The SMILES string of the molecule is Cc1c(Cc2ccc3c(c2)OCO3)sc(NC(=O)c2ccccc2Oc2ccccc2)c1C(N)=O. The Labute approximate surface area is 206 Å². The molecule has 2 amide bonds. The van der Waals surface area contributed by atoms with Crippen LogP contribution in [0.4, 0.5) is 5.00 Å². The highest BCUT2D eigenvalue weighted by molar-refractivity contribution is 7.17. The summed E-state index contributed by atoms with van der Waals surface area (Å²) in [5.41, 5.74) is 8.08. The van der Waals surface area contributed by atoms with Crippen LogP contribution >= 0.6 is 11.3 Å². The quantitative estimate of drug-likeness (QED) is 0.358. The number of anilines is 1. The zero-order valence-electron chi connectivity index (χ0n) is 18.9. The number of ether oxygens (including phenoxy) is 3. The topological polar surface area (TPSA) is 99.9 Å². The van der Waals surface area contributed by atoms with Gasteiger partial charge in [0.15, 0.2) is 11.5 Å². The molecule has 7 nitrogen and oxygen atoms in total. The summed E-state index contributed by atoms with van der Waals surface area (Å²) < 4.78 is 16.8. The molecule has 1 aliphatic rings. The van der Waals surface area contributed by atoms with Crippen LogP contribution in [0, 0.1) is 6.92 Å². The van der Waals surface area contributed by atoms with Crippen LogP contribution in [-0.2, 0) is 6.42 Å². The number of hydrogen-bond donors (Lipinski definition) is 2. The molecule has 4 aromatic rings. The molecule has 8 heteroatoms. The summed E-state index contributed by atoms with van der Waals surface area (Å²) in [6, 6.07) is 21.9. The maximum atomic E-state index is 13.2. The van der Waals surface area contributed by atoms with Gasteiger partial charge in [-0.3, -0.25) is 9.59 Å². The lowest BCUT2D eigenvalue weighted by molar-refractivity contribution is 0.100. The van der Waals surface area contributed by atoms with E-state index in [4.69, 9.17) is 19.9 Å². The predicted octanol–water partition coefficient (Wildman–Crippen LogP) is 5.52. The number of para-hydroxylation sites is 2. The maximum Gasteiger partial charge on any atom is 0.260 e. The van der Waals surface area contributed by atoms with E-state index in [0.29, 0.717) is 45.5 Å². The van der Waals surface area contributed by atoms with Crippen LogP contribution in [0.1, 0.15) is 36.7 Å². The molecule has 0 saturated heterocycles. The molecule has 0 saturated carbocycles. The average molecular weight is 487 g/mol. The Balaban J connectivity index is 1.42. The summed E-state index contributed by atoms with van der Waals surface area (Å²) in [5.74, 6) is 1.43. The van der Waals surface area contributed by atoms with Crippen molar-refractivity contribution in [3.63, 3.8) is 0 Å². The van der Waals surface area contributed by atoms with Crippen LogP contribution < -0.4 is 25.3 Å². The number of nitrogens with two attached hydrogens (primary N) is 1. The summed E-state index contributed by atoms with van der Waals surface area (Å²) in [6.07, 6.45) is 0.553. The maximum absolute atomic E-state index is 13.2. The third-order valence-electron chi connectivity index (χ3n) is 5.62. The molecule has 1 aromatic heterocycles. The van der Waals surface area contributed by atoms with Gasteiger partial charge in [-0.15, -0.1) is 11.3 Å². The van der Waals surface area contributed by atoms with Crippen LogP contribution in [0.3, 0.4) is 0 Å². The molecule has 0 aliphatic carbocycles. The van der Waals surface area contributed by atoms with Gasteiger partial charge in [0, 0.05) is 11.3 Å². The number of carbonyl (C=O) groups is 2. The lowest BCUT2D eigenvalue weighted by atomic mass is 10.0. The Morgan fingerprint density at radius 3 is 2.54 bits per heavy atom. The van der Waals surface area contributed by atoms with E-state index in [1.807, 2.05) is 55.5 Å². The Hall–Kier alpha value is -4.30. The van der Waals surface area contributed by atoms with Crippen molar-refractivity contribution in [2.45, 2.75) is 13.3 Å². The van der Waals surface area contributed by atoms with Crippen molar-refractivity contribution in [1.29, 1.82) is 0 Å². The summed E-state index contributed by atoms with van der Waals surface area (Å²) in [4.78, 5) is 26.5. The third kappa shape index (κ3) is 4.69. The summed E-state index contributed by atoms with van der Waals surface area (Å²) in [7, 11) is 0. The second-order valence-electron chi connectivity index (χ2n) is 7.95. The fraction of sp³-hybridized carbons (Fsp3) is 0.111. The number of amides is 2. The van der Waals surface area contributed by atoms with E-state index in [9.17, 15) is 9.59 Å². The Morgan fingerprint density at radius 2 is 1.74 bits per heavy atom. The minimum absolute atomic E-state index is 0.203. The number of fused-ring (bicyclic) bond motifs is 1. The molecule has 5 rings (SSSR count). The standard InChI is InChI=1S/C27H22N2O5S/c1-16-23(14-17-11-12-21-22(13-17)33-15-32-21)35-27(24(16)25(28)30)29-26(31)19-9-5-6-10-20(19)34-18-7-3-2-4-8-18/h2-13H,14-15H2,1H3,(H2,28,30)(H,29,31). The second-order valence-corrected chi connectivity index (χ2v) is 9.05. The van der Waals surface area contributed by atoms with E-state index in [1.54, 1.807) is 24.3 Å². The van der Waals surface area contributed by atoms with E-state index in [2.05, 4.69) is 5.32 Å². The highest BCUT2D eigenvalue weighted by atomic mass is 32.1. The number of thiophene rings is 1. The minimum atomic E-state index is -0.597. The highest BCUT2D eigenvalue weighted by Crippen LogP contribution is 2.38.